The number of halogens is 6. The number of benzene rings is 3. The van der Waals surface area contributed by atoms with E-state index in [0.717, 1.165) is 17.7 Å². The minimum Gasteiger partial charge on any atom is -0.354 e. The van der Waals surface area contributed by atoms with Gasteiger partial charge in [0.25, 0.3) is 5.60 Å². The minimum absolute atomic E-state index is 0.0231. The predicted octanol–water partition coefficient (Wildman–Crippen LogP) is 7.02. The third-order valence-electron chi connectivity index (χ3n) is 6.42. The van der Waals surface area contributed by atoms with E-state index >= 15 is 0 Å². The topological polar surface area (TPSA) is 72.5 Å². The van der Waals surface area contributed by atoms with Gasteiger partial charge in [-0.25, -0.2) is 8.42 Å². The van der Waals surface area contributed by atoms with E-state index in [9.17, 15) is 39.6 Å². The van der Waals surface area contributed by atoms with E-state index in [1.54, 1.807) is 18.2 Å². The van der Waals surface area contributed by atoms with Crippen LogP contribution in [-0.2, 0) is 37.8 Å². The van der Waals surface area contributed by atoms with Crippen LogP contribution in [0.25, 0.3) is 0 Å². The van der Waals surface area contributed by atoms with Gasteiger partial charge in [0.05, 0.1) is 17.1 Å². The van der Waals surface area contributed by atoms with Gasteiger partial charge in [0.15, 0.2) is 9.84 Å². The monoisotopic (exact) mass is 601 g/mol. The Kier molecular flexibility index (Phi) is 10.2. The van der Waals surface area contributed by atoms with E-state index in [4.69, 9.17) is 0 Å². The molecule has 41 heavy (non-hydrogen) atoms. The first-order chi connectivity index (χ1) is 19.2. The Morgan fingerprint density at radius 3 is 1.90 bits per heavy atom. The number of unbranched alkanes of at least 4 members (excludes halogenated alkanes) is 1. The van der Waals surface area contributed by atoms with Gasteiger partial charge in [0.2, 0.25) is 5.91 Å². The number of carbonyl (C=O) groups excluding carboxylic acids is 1. The quantitative estimate of drug-likeness (QED) is 0.179. The summed E-state index contributed by atoms with van der Waals surface area (Å²) < 4.78 is 113. The molecule has 3 rings (SSSR count). The van der Waals surface area contributed by atoms with Crippen molar-refractivity contribution in [3.8, 4) is 0 Å². The molecule has 0 unspecified atom stereocenters. The molecule has 0 saturated carbocycles. The Bertz CT molecular complexity index is 1370. The number of amides is 1. The highest BCUT2D eigenvalue weighted by molar-refractivity contribution is 7.91. The van der Waals surface area contributed by atoms with Gasteiger partial charge in [-0.1, -0.05) is 61.5 Å². The van der Waals surface area contributed by atoms with E-state index < -0.39 is 45.9 Å². The highest BCUT2D eigenvalue weighted by Gasteiger charge is 2.73. The first-order valence-electron chi connectivity index (χ1n) is 12.7. The summed E-state index contributed by atoms with van der Waals surface area (Å²) in [4.78, 5) is 12.5. The van der Waals surface area contributed by atoms with Crippen LogP contribution in [-0.4, -0.2) is 39.0 Å². The number of alkyl halides is 6. The summed E-state index contributed by atoms with van der Waals surface area (Å²) in [6, 6.07) is 17.7. The third kappa shape index (κ3) is 7.88. The molecule has 3 aromatic rings. The lowest BCUT2D eigenvalue weighted by Crippen LogP contribution is -2.56. The number of aryl methyl sites for hydroxylation is 1. The van der Waals surface area contributed by atoms with Crippen LogP contribution in [0, 0.1) is 0 Å². The molecule has 12 heteroatoms. The first kappa shape index (κ1) is 32.1. The van der Waals surface area contributed by atoms with Crippen molar-refractivity contribution in [3.05, 3.63) is 95.6 Å². The smallest absolute Gasteiger partial charge is 0.354 e. The maximum atomic E-state index is 14.1. The van der Waals surface area contributed by atoms with E-state index in [0.29, 0.717) is 30.5 Å². The molecule has 5 nitrogen and oxygen atoms in total. The van der Waals surface area contributed by atoms with Crippen LogP contribution in [0.4, 0.5) is 32.0 Å². The Balaban J connectivity index is 1.70. The zero-order valence-corrected chi connectivity index (χ0v) is 22.9. The molecule has 3 aromatic carbocycles. The SMILES string of the molecule is CCS(=O)(=O)c1ccc(CC(=O)Nc2ccc(C(OCCCCc3ccccc3)(C(F)(F)F)C(F)(F)F)cc2)cc1. The molecule has 0 radical (unpaired) electrons. The number of hydrogen-bond acceptors (Lipinski definition) is 4. The molecule has 0 bridgehead atoms. The normalized spacial score (nSPS) is 12.8. The molecule has 0 heterocycles. The Morgan fingerprint density at radius 2 is 1.37 bits per heavy atom. The summed E-state index contributed by atoms with van der Waals surface area (Å²) in [5.74, 6) is -0.692. The van der Waals surface area contributed by atoms with E-state index in [1.165, 1.54) is 31.2 Å². The lowest BCUT2D eigenvalue weighted by molar-refractivity contribution is -0.389. The molecule has 0 spiro atoms. The Hall–Kier alpha value is -3.38. The molecule has 1 amide bonds. The van der Waals surface area contributed by atoms with Gasteiger partial charge >= 0.3 is 12.4 Å². The molecule has 222 valence electrons. The predicted molar refractivity (Wildman–Crippen MR) is 142 cm³/mol. The fraction of sp³-hybridized carbons (Fsp3) is 0.345. The fourth-order valence-corrected chi connectivity index (χ4v) is 5.08. The summed E-state index contributed by atoms with van der Waals surface area (Å²) >= 11 is 0. The maximum absolute atomic E-state index is 14.1. The molecule has 1 N–H and O–H groups in total. The highest BCUT2D eigenvalue weighted by Crippen LogP contribution is 2.53. The van der Waals surface area contributed by atoms with Crippen LogP contribution in [0.1, 0.15) is 36.5 Å². The summed E-state index contributed by atoms with van der Waals surface area (Å²) in [7, 11) is -3.42. The van der Waals surface area contributed by atoms with Gasteiger partial charge < -0.3 is 10.1 Å². The van der Waals surface area contributed by atoms with Crippen LogP contribution in [0.15, 0.2) is 83.8 Å². The summed E-state index contributed by atoms with van der Waals surface area (Å²) in [6.45, 7) is 0.720. The van der Waals surface area contributed by atoms with Crippen molar-refractivity contribution in [1.82, 2.24) is 0 Å². The van der Waals surface area contributed by atoms with Crippen LogP contribution in [0.5, 0.6) is 0 Å². The van der Waals surface area contributed by atoms with Crippen molar-refractivity contribution in [2.24, 2.45) is 0 Å². The number of sulfone groups is 1. The second-order valence-electron chi connectivity index (χ2n) is 9.32. The average Bonchev–Trinajstić information content (AvgIpc) is 2.91. The number of ether oxygens (including phenoxy) is 1. The van der Waals surface area contributed by atoms with Crippen molar-refractivity contribution < 1.29 is 44.3 Å². The standard InChI is InChI=1S/C29H29F6NO4S/c1-2-41(38,39)25-17-11-22(12-18-25)20-26(37)36-24-15-13-23(14-16-24)27(28(30,31)32,29(33,34)35)40-19-7-6-10-21-8-4-3-5-9-21/h3-5,8-9,11-18H,2,6-7,10,19-20H2,1H3,(H,36,37). The number of anilines is 1. The number of hydrogen-bond donors (Lipinski definition) is 1. The van der Waals surface area contributed by atoms with Crippen molar-refractivity contribution in [1.29, 1.82) is 0 Å². The number of carbonyl (C=O) groups is 1. The maximum Gasteiger partial charge on any atom is 0.430 e. The summed E-state index contributed by atoms with van der Waals surface area (Å²) in [5, 5.41) is 2.42. The molecule has 0 aromatic heterocycles. The van der Waals surface area contributed by atoms with E-state index in [-0.39, 0.29) is 29.2 Å². The molecule has 0 aliphatic heterocycles. The molecule has 0 fully saturated rings. The van der Waals surface area contributed by atoms with Crippen LogP contribution in [0.3, 0.4) is 0 Å². The van der Waals surface area contributed by atoms with Gasteiger partial charge in [-0.2, -0.15) is 26.3 Å². The van der Waals surface area contributed by atoms with Crippen molar-refractivity contribution >= 4 is 21.4 Å². The Labute approximate surface area is 234 Å². The second-order valence-corrected chi connectivity index (χ2v) is 11.6. The van der Waals surface area contributed by atoms with Crippen LogP contribution in [0.2, 0.25) is 0 Å². The van der Waals surface area contributed by atoms with Crippen molar-refractivity contribution in [3.63, 3.8) is 0 Å². The van der Waals surface area contributed by atoms with E-state index in [2.05, 4.69) is 10.1 Å². The van der Waals surface area contributed by atoms with Gasteiger partial charge in [0.1, 0.15) is 0 Å². The number of nitrogens with one attached hydrogen (secondary N) is 1. The van der Waals surface area contributed by atoms with Gasteiger partial charge in [-0.15, -0.1) is 0 Å². The summed E-state index contributed by atoms with van der Waals surface area (Å²) in [5.41, 5.74) is -4.36. The van der Waals surface area contributed by atoms with Crippen molar-refractivity contribution in [2.75, 3.05) is 17.7 Å². The summed E-state index contributed by atoms with van der Waals surface area (Å²) in [6.07, 6.45) is -11.0. The van der Waals surface area contributed by atoms with Crippen LogP contribution < -0.4 is 5.32 Å². The molecular weight excluding hydrogens is 572 g/mol. The second kappa shape index (κ2) is 13.1. The average molecular weight is 602 g/mol. The van der Waals surface area contributed by atoms with Crippen molar-refractivity contribution in [2.45, 2.75) is 55.5 Å². The fourth-order valence-electron chi connectivity index (χ4n) is 4.20. The lowest BCUT2D eigenvalue weighted by Gasteiger charge is -2.37. The number of rotatable bonds is 12. The van der Waals surface area contributed by atoms with Gasteiger partial charge in [-0.3, -0.25) is 4.79 Å². The molecule has 0 atom stereocenters. The molecule has 0 aliphatic carbocycles. The zero-order chi connectivity index (χ0) is 30.3. The molecular formula is C29H29F6NO4S. The highest BCUT2D eigenvalue weighted by atomic mass is 32.2. The molecule has 0 aliphatic rings. The van der Waals surface area contributed by atoms with E-state index in [1.807, 2.05) is 12.1 Å². The largest absolute Gasteiger partial charge is 0.430 e. The Morgan fingerprint density at radius 1 is 0.780 bits per heavy atom. The zero-order valence-electron chi connectivity index (χ0n) is 22.1. The third-order valence-corrected chi connectivity index (χ3v) is 8.17. The van der Waals surface area contributed by atoms with Crippen LogP contribution >= 0.6 is 0 Å². The first-order valence-corrected chi connectivity index (χ1v) is 14.4. The molecule has 0 saturated heterocycles. The van der Waals surface area contributed by atoms with Gasteiger partial charge in [-0.05, 0) is 54.7 Å². The van der Waals surface area contributed by atoms with Gasteiger partial charge in [0, 0.05) is 17.9 Å². The minimum atomic E-state index is -5.81. The lowest BCUT2D eigenvalue weighted by atomic mass is 9.91.